The van der Waals surface area contributed by atoms with Crippen molar-refractivity contribution in [3.8, 4) is 0 Å². The van der Waals surface area contributed by atoms with Gasteiger partial charge in [0, 0.05) is 26.2 Å². The predicted octanol–water partition coefficient (Wildman–Crippen LogP) is 3.60. The van der Waals surface area contributed by atoms with Crippen LogP contribution in [-0.4, -0.2) is 60.4 Å². The van der Waals surface area contributed by atoms with E-state index in [0.717, 1.165) is 38.8 Å². The SMILES string of the molecule is C[C@@H]1C[C@H](C)CN(C(=O)CSc2nc3cc(S(=O)(=O)N4CCCCC4)ccc3o2)C1. The van der Waals surface area contributed by atoms with Crippen molar-refractivity contribution in [2.75, 3.05) is 31.9 Å². The van der Waals surface area contributed by atoms with Crippen LogP contribution in [0.2, 0.25) is 0 Å². The minimum absolute atomic E-state index is 0.0917. The van der Waals surface area contributed by atoms with Gasteiger partial charge in [-0.05, 0) is 49.3 Å². The molecule has 2 aliphatic heterocycles. The Kier molecular flexibility index (Phi) is 6.41. The Morgan fingerprint density at radius 2 is 1.87 bits per heavy atom. The number of thioether (sulfide) groups is 1. The first-order valence-corrected chi connectivity index (χ1v) is 13.1. The molecule has 4 rings (SSSR count). The molecule has 2 aromatic rings. The fraction of sp³-hybridized carbons (Fsp3) is 0.619. The number of carbonyl (C=O) groups excluding carboxylic acids is 1. The number of oxazole rings is 1. The van der Waals surface area contributed by atoms with E-state index in [4.69, 9.17) is 4.42 Å². The van der Waals surface area contributed by atoms with E-state index in [1.807, 2.05) is 4.90 Å². The Labute approximate surface area is 182 Å². The molecule has 9 heteroatoms. The van der Waals surface area contributed by atoms with Crippen molar-refractivity contribution in [2.45, 2.75) is 49.6 Å². The first-order chi connectivity index (χ1) is 14.3. The summed E-state index contributed by atoms with van der Waals surface area (Å²) in [7, 11) is -3.51. The van der Waals surface area contributed by atoms with Crippen LogP contribution in [-0.2, 0) is 14.8 Å². The third-order valence-corrected chi connectivity index (χ3v) is 8.54. The predicted molar refractivity (Wildman–Crippen MR) is 117 cm³/mol. The lowest BCUT2D eigenvalue weighted by Gasteiger charge is -2.34. The third-order valence-electron chi connectivity index (χ3n) is 5.83. The molecule has 2 saturated heterocycles. The number of benzene rings is 1. The van der Waals surface area contributed by atoms with Crippen LogP contribution >= 0.6 is 11.8 Å². The van der Waals surface area contributed by atoms with Crippen LogP contribution < -0.4 is 0 Å². The first kappa shape index (κ1) is 21.6. The summed E-state index contributed by atoms with van der Waals surface area (Å²) in [6, 6.07) is 4.80. The second-order valence-electron chi connectivity index (χ2n) is 8.61. The Morgan fingerprint density at radius 1 is 1.17 bits per heavy atom. The number of carbonyl (C=O) groups is 1. The first-order valence-electron chi connectivity index (χ1n) is 10.6. The van der Waals surface area contributed by atoms with Gasteiger partial charge in [-0.15, -0.1) is 0 Å². The summed E-state index contributed by atoms with van der Waals surface area (Å²) in [5.74, 6) is 1.40. The number of hydrogen-bond donors (Lipinski definition) is 0. The van der Waals surface area contributed by atoms with Gasteiger partial charge in [0.15, 0.2) is 5.58 Å². The van der Waals surface area contributed by atoms with Gasteiger partial charge in [-0.25, -0.2) is 13.4 Å². The number of nitrogens with zero attached hydrogens (tertiary/aromatic N) is 3. The van der Waals surface area contributed by atoms with Crippen LogP contribution in [0.15, 0.2) is 32.7 Å². The minimum Gasteiger partial charge on any atom is -0.431 e. The zero-order valence-corrected chi connectivity index (χ0v) is 19.2. The maximum absolute atomic E-state index is 12.9. The molecule has 3 heterocycles. The normalized spacial score (nSPS) is 23.7. The molecule has 30 heavy (non-hydrogen) atoms. The van der Waals surface area contributed by atoms with Crippen molar-refractivity contribution >= 4 is 38.8 Å². The van der Waals surface area contributed by atoms with E-state index in [0.29, 0.717) is 41.2 Å². The van der Waals surface area contributed by atoms with E-state index in [1.165, 1.54) is 11.8 Å². The minimum atomic E-state index is -3.51. The number of rotatable bonds is 5. The number of hydrogen-bond acceptors (Lipinski definition) is 6. The van der Waals surface area contributed by atoms with E-state index in [-0.39, 0.29) is 16.6 Å². The highest BCUT2D eigenvalue weighted by Gasteiger charge is 2.27. The summed E-state index contributed by atoms with van der Waals surface area (Å²) in [6.07, 6.45) is 4.03. The molecular weight excluding hydrogens is 422 g/mol. The largest absolute Gasteiger partial charge is 0.431 e. The van der Waals surface area contributed by atoms with Gasteiger partial charge in [0.2, 0.25) is 15.9 Å². The number of piperidine rings is 2. The third kappa shape index (κ3) is 4.68. The van der Waals surface area contributed by atoms with Crippen LogP contribution in [0.1, 0.15) is 39.5 Å². The Hall–Kier alpha value is -1.58. The molecule has 1 aromatic carbocycles. The molecule has 0 aliphatic carbocycles. The highest BCUT2D eigenvalue weighted by molar-refractivity contribution is 7.99. The lowest BCUT2D eigenvalue weighted by molar-refractivity contribution is -0.130. The van der Waals surface area contributed by atoms with Crippen LogP contribution in [0.4, 0.5) is 0 Å². The average Bonchev–Trinajstić information content (AvgIpc) is 3.14. The molecule has 1 amide bonds. The van der Waals surface area contributed by atoms with Crippen molar-refractivity contribution in [3.63, 3.8) is 0 Å². The van der Waals surface area contributed by atoms with E-state index >= 15 is 0 Å². The van der Waals surface area contributed by atoms with Crippen molar-refractivity contribution in [1.29, 1.82) is 0 Å². The summed E-state index contributed by atoms with van der Waals surface area (Å²) < 4.78 is 33.1. The maximum atomic E-state index is 12.9. The van der Waals surface area contributed by atoms with E-state index < -0.39 is 10.0 Å². The van der Waals surface area contributed by atoms with Gasteiger partial charge in [0.1, 0.15) is 5.52 Å². The van der Waals surface area contributed by atoms with Crippen LogP contribution in [0.3, 0.4) is 0 Å². The van der Waals surface area contributed by atoms with Gasteiger partial charge in [0.25, 0.3) is 5.22 Å². The zero-order valence-electron chi connectivity index (χ0n) is 17.5. The van der Waals surface area contributed by atoms with Crippen molar-refractivity contribution in [2.24, 2.45) is 11.8 Å². The molecule has 2 fully saturated rings. The standard InChI is InChI=1S/C21H29N3O4S2/c1-15-10-16(2)13-23(12-15)20(25)14-29-21-22-18-11-17(6-7-19(18)28-21)30(26,27)24-8-4-3-5-9-24/h6-7,11,15-16H,3-5,8-10,12-14H2,1-2H3/t15-,16+. The molecule has 0 spiro atoms. The number of likely N-dealkylation sites (tertiary alicyclic amines) is 1. The van der Waals surface area contributed by atoms with Gasteiger partial charge in [-0.2, -0.15) is 4.31 Å². The summed E-state index contributed by atoms with van der Waals surface area (Å²) in [6.45, 7) is 7.09. The molecule has 2 aliphatic rings. The molecule has 1 aromatic heterocycles. The van der Waals surface area contributed by atoms with Crippen molar-refractivity contribution in [1.82, 2.24) is 14.2 Å². The van der Waals surface area contributed by atoms with Crippen molar-refractivity contribution < 1.29 is 17.6 Å². The molecule has 164 valence electrons. The molecule has 0 bridgehead atoms. The van der Waals surface area contributed by atoms with Crippen molar-refractivity contribution in [3.05, 3.63) is 18.2 Å². The summed E-state index contributed by atoms with van der Waals surface area (Å²) >= 11 is 1.26. The van der Waals surface area contributed by atoms with Gasteiger partial charge in [-0.3, -0.25) is 4.79 Å². The van der Waals surface area contributed by atoms with Crippen LogP contribution in [0, 0.1) is 11.8 Å². The van der Waals surface area contributed by atoms with E-state index in [1.54, 1.807) is 22.5 Å². The fourth-order valence-electron chi connectivity index (χ4n) is 4.44. The smallest absolute Gasteiger partial charge is 0.257 e. The monoisotopic (exact) mass is 451 g/mol. The number of sulfonamides is 1. The number of fused-ring (bicyclic) bond motifs is 1. The Balaban J connectivity index is 1.44. The van der Waals surface area contributed by atoms with E-state index in [9.17, 15) is 13.2 Å². The topological polar surface area (TPSA) is 83.7 Å². The van der Waals surface area contributed by atoms with Gasteiger partial charge in [0.05, 0.1) is 10.6 Å². The molecule has 7 nitrogen and oxygen atoms in total. The summed E-state index contributed by atoms with van der Waals surface area (Å²) in [4.78, 5) is 19.2. The van der Waals surface area contributed by atoms with Gasteiger partial charge in [-0.1, -0.05) is 32.0 Å². The quantitative estimate of drug-likeness (QED) is 0.646. The summed E-state index contributed by atoms with van der Waals surface area (Å²) in [5, 5.41) is 0.393. The number of aromatic nitrogens is 1. The molecule has 0 N–H and O–H groups in total. The van der Waals surface area contributed by atoms with Gasteiger partial charge >= 0.3 is 0 Å². The maximum Gasteiger partial charge on any atom is 0.257 e. The van der Waals surface area contributed by atoms with E-state index in [2.05, 4.69) is 18.8 Å². The Bertz CT molecular complexity index is 1000. The van der Waals surface area contributed by atoms with Crippen LogP contribution in [0.25, 0.3) is 11.1 Å². The molecular formula is C21H29N3O4S2. The molecule has 0 saturated carbocycles. The second-order valence-corrected chi connectivity index (χ2v) is 11.5. The Morgan fingerprint density at radius 3 is 2.57 bits per heavy atom. The average molecular weight is 452 g/mol. The summed E-state index contributed by atoms with van der Waals surface area (Å²) in [5.41, 5.74) is 1.03. The zero-order chi connectivity index (χ0) is 21.3. The molecule has 0 unspecified atom stereocenters. The second kappa shape index (κ2) is 8.88. The highest BCUT2D eigenvalue weighted by atomic mass is 32.2. The lowest BCUT2D eigenvalue weighted by atomic mass is 9.92. The fourth-order valence-corrected chi connectivity index (χ4v) is 6.72. The lowest BCUT2D eigenvalue weighted by Crippen LogP contribution is -2.43. The molecule has 0 radical (unpaired) electrons. The van der Waals surface area contributed by atoms with Gasteiger partial charge < -0.3 is 9.32 Å². The van der Waals surface area contributed by atoms with Crippen LogP contribution in [0.5, 0.6) is 0 Å². The molecule has 2 atom stereocenters. The highest BCUT2D eigenvalue weighted by Crippen LogP contribution is 2.28. The number of amides is 1.